The van der Waals surface area contributed by atoms with Crippen LogP contribution in [0.15, 0.2) is 12.4 Å². The number of anilines is 1. The standard InChI is InChI=1S/C10H14F2N6/c1-7-4-9(17(3-2-13)5-8(11)12)18-10(16-7)14-6-15-18/h4,6,8H,2-3,5,13H2,1H3. The molecule has 0 saturated heterocycles. The minimum absolute atomic E-state index is 0.282. The predicted molar refractivity (Wildman–Crippen MR) is 62.8 cm³/mol. The van der Waals surface area contributed by atoms with Crippen LogP contribution < -0.4 is 10.6 Å². The Balaban J connectivity index is 2.44. The molecule has 2 aromatic rings. The van der Waals surface area contributed by atoms with Crippen LogP contribution in [0.5, 0.6) is 0 Å². The zero-order valence-electron chi connectivity index (χ0n) is 9.92. The third-order valence-electron chi connectivity index (χ3n) is 2.44. The van der Waals surface area contributed by atoms with E-state index in [1.165, 1.54) is 15.7 Å². The zero-order valence-corrected chi connectivity index (χ0v) is 9.92. The van der Waals surface area contributed by atoms with Crippen molar-refractivity contribution in [2.24, 2.45) is 5.73 Å². The quantitative estimate of drug-likeness (QED) is 0.841. The van der Waals surface area contributed by atoms with Crippen LogP contribution in [-0.4, -0.2) is 45.6 Å². The highest BCUT2D eigenvalue weighted by Crippen LogP contribution is 2.16. The molecule has 0 fully saturated rings. The second-order valence-corrected chi connectivity index (χ2v) is 3.85. The number of alkyl halides is 2. The SMILES string of the molecule is Cc1cc(N(CCN)CC(F)F)n2ncnc2n1. The molecule has 98 valence electrons. The molecular formula is C10H14F2N6. The fraction of sp³-hybridized carbons (Fsp3) is 0.500. The van der Waals surface area contributed by atoms with Gasteiger partial charge in [-0.3, -0.25) is 0 Å². The zero-order chi connectivity index (χ0) is 13.1. The molecule has 0 aromatic carbocycles. The normalized spacial score (nSPS) is 11.4. The van der Waals surface area contributed by atoms with Crippen molar-refractivity contribution >= 4 is 11.6 Å². The molecule has 2 rings (SSSR count). The van der Waals surface area contributed by atoms with Gasteiger partial charge in [-0.25, -0.2) is 13.8 Å². The first-order chi connectivity index (χ1) is 8.61. The van der Waals surface area contributed by atoms with Gasteiger partial charge in [-0.15, -0.1) is 0 Å². The predicted octanol–water partition coefficient (Wildman–Crippen LogP) is 0.463. The van der Waals surface area contributed by atoms with Gasteiger partial charge in [0.25, 0.3) is 12.2 Å². The molecule has 2 aromatic heterocycles. The lowest BCUT2D eigenvalue weighted by Crippen LogP contribution is -2.35. The van der Waals surface area contributed by atoms with E-state index in [-0.39, 0.29) is 6.54 Å². The average Bonchev–Trinajstić information content (AvgIpc) is 2.74. The Kier molecular flexibility index (Phi) is 3.66. The Morgan fingerprint density at radius 2 is 2.28 bits per heavy atom. The molecule has 0 saturated carbocycles. The summed E-state index contributed by atoms with van der Waals surface area (Å²) in [6.07, 6.45) is -1.10. The van der Waals surface area contributed by atoms with Gasteiger partial charge >= 0.3 is 0 Å². The van der Waals surface area contributed by atoms with Crippen LogP contribution in [0.4, 0.5) is 14.6 Å². The van der Waals surface area contributed by atoms with E-state index in [1.807, 2.05) is 0 Å². The Morgan fingerprint density at radius 3 is 2.94 bits per heavy atom. The van der Waals surface area contributed by atoms with E-state index in [0.29, 0.717) is 23.8 Å². The van der Waals surface area contributed by atoms with Gasteiger partial charge in [-0.1, -0.05) is 0 Å². The number of nitrogens with zero attached hydrogens (tertiary/aromatic N) is 5. The molecule has 0 aliphatic heterocycles. The monoisotopic (exact) mass is 256 g/mol. The van der Waals surface area contributed by atoms with Crippen LogP contribution in [0.25, 0.3) is 5.78 Å². The smallest absolute Gasteiger partial charge is 0.255 e. The third-order valence-corrected chi connectivity index (χ3v) is 2.44. The van der Waals surface area contributed by atoms with E-state index in [0.717, 1.165) is 0 Å². The van der Waals surface area contributed by atoms with E-state index >= 15 is 0 Å². The lowest BCUT2D eigenvalue weighted by atomic mass is 10.3. The van der Waals surface area contributed by atoms with E-state index in [1.54, 1.807) is 13.0 Å². The Bertz CT molecular complexity index is 526. The van der Waals surface area contributed by atoms with E-state index in [4.69, 9.17) is 5.73 Å². The third kappa shape index (κ3) is 2.53. The lowest BCUT2D eigenvalue weighted by molar-refractivity contribution is 0.154. The Hall–Kier alpha value is -1.83. The van der Waals surface area contributed by atoms with Gasteiger partial charge < -0.3 is 10.6 Å². The van der Waals surface area contributed by atoms with Crippen molar-refractivity contribution in [1.82, 2.24) is 19.6 Å². The van der Waals surface area contributed by atoms with Crippen LogP contribution >= 0.6 is 0 Å². The molecule has 8 heteroatoms. The van der Waals surface area contributed by atoms with Crippen molar-refractivity contribution in [3.05, 3.63) is 18.1 Å². The molecule has 0 atom stereocenters. The highest BCUT2D eigenvalue weighted by atomic mass is 19.3. The summed E-state index contributed by atoms with van der Waals surface area (Å²) < 4.78 is 26.6. The second kappa shape index (κ2) is 5.21. The van der Waals surface area contributed by atoms with Crippen LogP contribution in [0.2, 0.25) is 0 Å². The first-order valence-electron chi connectivity index (χ1n) is 5.52. The summed E-state index contributed by atoms with van der Waals surface area (Å²) >= 11 is 0. The average molecular weight is 256 g/mol. The molecular weight excluding hydrogens is 242 g/mol. The molecule has 0 spiro atoms. The molecule has 0 aliphatic carbocycles. The topological polar surface area (TPSA) is 72.3 Å². The first-order valence-corrected chi connectivity index (χ1v) is 5.52. The van der Waals surface area contributed by atoms with Gasteiger partial charge in [-0.2, -0.15) is 14.6 Å². The number of hydrogen-bond donors (Lipinski definition) is 1. The van der Waals surface area contributed by atoms with Crippen LogP contribution in [0.3, 0.4) is 0 Å². The molecule has 6 nitrogen and oxygen atoms in total. The minimum atomic E-state index is -2.44. The summed E-state index contributed by atoms with van der Waals surface area (Å²) in [4.78, 5) is 9.61. The molecule has 0 radical (unpaired) electrons. The maximum absolute atomic E-state index is 12.6. The number of nitrogens with two attached hydrogens (primary N) is 1. The Labute approximate surface area is 102 Å². The first kappa shape index (κ1) is 12.6. The molecule has 0 aliphatic rings. The summed E-state index contributed by atoms with van der Waals surface area (Å²) in [5, 5.41) is 3.99. The molecule has 0 unspecified atom stereocenters. The summed E-state index contributed by atoms with van der Waals surface area (Å²) in [6, 6.07) is 1.69. The van der Waals surface area contributed by atoms with Gasteiger partial charge in [0, 0.05) is 24.8 Å². The maximum atomic E-state index is 12.6. The largest absolute Gasteiger partial charge is 0.349 e. The highest BCUT2D eigenvalue weighted by Gasteiger charge is 2.16. The number of rotatable bonds is 5. The van der Waals surface area contributed by atoms with E-state index in [2.05, 4.69) is 15.1 Å². The fourth-order valence-electron chi connectivity index (χ4n) is 1.76. The van der Waals surface area contributed by atoms with Crippen molar-refractivity contribution < 1.29 is 8.78 Å². The lowest BCUT2D eigenvalue weighted by Gasteiger charge is -2.23. The number of hydrogen-bond acceptors (Lipinski definition) is 5. The maximum Gasteiger partial charge on any atom is 0.255 e. The Morgan fingerprint density at radius 1 is 1.50 bits per heavy atom. The van der Waals surface area contributed by atoms with Gasteiger partial charge in [0.2, 0.25) is 0 Å². The molecule has 0 amide bonds. The second-order valence-electron chi connectivity index (χ2n) is 3.85. The summed E-state index contributed by atoms with van der Waals surface area (Å²) in [5.41, 5.74) is 6.15. The molecule has 2 heterocycles. The van der Waals surface area contributed by atoms with E-state index < -0.39 is 13.0 Å². The van der Waals surface area contributed by atoms with Crippen molar-refractivity contribution in [3.63, 3.8) is 0 Å². The number of fused-ring (bicyclic) bond motifs is 1. The highest BCUT2D eigenvalue weighted by molar-refractivity contribution is 5.47. The number of aromatic nitrogens is 4. The van der Waals surface area contributed by atoms with Gasteiger partial charge in [0.05, 0.1) is 6.54 Å². The molecule has 2 N–H and O–H groups in total. The van der Waals surface area contributed by atoms with Crippen molar-refractivity contribution in [3.8, 4) is 0 Å². The molecule has 0 bridgehead atoms. The van der Waals surface area contributed by atoms with Crippen molar-refractivity contribution in [2.75, 3.05) is 24.5 Å². The van der Waals surface area contributed by atoms with Crippen molar-refractivity contribution in [2.45, 2.75) is 13.3 Å². The van der Waals surface area contributed by atoms with Crippen LogP contribution in [0, 0.1) is 6.92 Å². The van der Waals surface area contributed by atoms with Gasteiger partial charge in [0.1, 0.15) is 12.1 Å². The minimum Gasteiger partial charge on any atom is -0.349 e. The van der Waals surface area contributed by atoms with Gasteiger partial charge in [-0.05, 0) is 6.92 Å². The summed E-state index contributed by atoms with van der Waals surface area (Å²) in [6.45, 7) is 1.99. The van der Waals surface area contributed by atoms with Crippen molar-refractivity contribution in [1.29, 1.82) is 0 Å². The van der Waals surface area contributed by atoms with Crippen LogP contribution in [0.1, 0.15) is 5.69 Å². The number of halogens is 2. The summed E-state index contributed by atoms with van der Waals surface area (Å²) in [5.74, 6) is 0.919. The number of aryl methyl sites for hydroxylation is 1. The van der Waals surface area contributed by atoms with E-state index in [9.17, 15) is 8.78 Å². The van der Waals surface area contributed by atoms with Gasteiger partial charge in [0.15, 0.2) is 0 Å². The fourth-order valence-corrected chi connectivity index (χ4v) is 1.76. The summed E-state index contributed by atoms with van der Waals surface area (Å²) in [7, 11) is 0. The molecule has 18 heavy (non-hydrogen) atoms. The van der Waals surface area contributed by atoms with Crippen LogP contribution in [-0.2, 0) is 0 Å².